The van der Waals surface area contributed by atoms with Crippen LogP contribution in [0.2, 0.25) is 0 Å². The summed E-state index contributed by atoms with van der Waals surface area (Å²) >= 11 is 1.37. The van der Waals surface area contributed by atoms with Crippen LogP contribution in [0.5, 0.6) is 0 Å². The van der Waals surface area contributed by atoms with Gasteiger partial charge in [-0.05, 0) is 37.1 Å². The summed E-state index contributed by atoms with van der Waals surface area (Å²) in [5.41, 5.74) is 2.13. The molecule has 0 fully saturated rings. The van der Waals surface area contributed by atoms with Crippen molar-refractivity contribution in [2.45, 2.75) is 37.1 Å². The van der Waals surface area contributed by atoms with Crippen LogP contribution in [0.1, 0.15) is 25.0 Å². The van der Waals surface area contributed by atoms with Crippen molar-refractivity contribution in [2.24, 2.45) is 0 Å². The van der Waals surface area contributed by atoms with E-state index in [1.165, 1.54) is 23.9 Å². The van der Waals surface area contributed by atoms with Crippen molar-refractivity contribution in [1.82, 2.24) is 5.32 Å². The van der Waals surface area contributed by atoms with E-state index in [1.807, 2.05) is 38.1 Å². The molecule has 26 heavy (non-hydrogen) atoms. The zero-order valence-corrected chi connectivity index (χ0v) is 15.6. The minimum Gasteiger partial charge on any atom is -0.377 e. The van der Waals surface area contributed by atoms with E-state index in [2.05, 4.69) is 5.32 Å². The van der Waals surface area contributed by atoms with Gasteiger partial charge in [-0.25, -0.2) is 0 Å². The van der Waals surface area contributed by atoms with Crippen molar-refractivity contribution in [2.75, 3.05) is 6.61 Å². The lowest BCUT2D eigenvalue weighted by Crippen LogP contribution is -2.30. The minimum absolute atomic E-state index is 0.0392. The topological polar surface area (TPSA) is 81.5 Å². The van der Waals surface area contributed by atoms with Gasteiger partial charge in [-0.1, -0.05) is 24.3 Å². The number of hydrogen-bond donors (Lipinski definition) is 1. The first-order valence-electron chi connectivity index (χ1n) is 8.34. The van der Waals surface area contributed by atoms with Crippen LogP contribution < -0.4 is 5.32 Å². The number of nitrogens with zero attached hydrogens (tertiary/aromatic N) is 1. The Morgan fingerprint density at radius 3 is 2.46 bits per heavy atom. The molecule has 0 saturated carbocycles. The Balaban J connectivity index is 1.90. The maximum absolute atomic E-state index is 12.3. The number of hydrogen-bond acceptors (Lipinski definition) is 5. The van der Waals surface area contributed by atoms with Gasteiger partial charge in [-0.3, -0.25) is 14.9 Å². The average molecular weight is 374 g/mol. The second-order valence-corrected chi connectivity index (χ2v) is 7.05. The number of ether oxygens (including phenoxy) is 1. The molecule has 0 aliphatic carbocycles. The van der Waals surface area contributed by atoms with E-state index in [0.29, 0.717) is 19.8 Å². The summed E-state index contributed by atoms with van der Waals surface area (Å²) < 4.78 is 5.46. The number of thioether (sulfide) groups is 1. The molecule has 1 amide bonds. The number of rotatable bonds is 9. The fourth-order valence-electron chi connectivity index (χ4n) is 2.31. The average Bonchev–Trinajstić information content (AvgIpc) is 2.65. The maximum atomic E-state index is 12.3. The Hall–Kier alpha value is -2.38. The Bertz CT molecular complexity index is 749. The van der Waals surface area contributed by atoms with E-state index in [0.717, 1.165) is 16.0 Å². The molecule has 1 unspecified atom stereocenters. The second-order valence-electron chi connectivity index (χ2n) is 5.63. The van der Waals surface area contributed by atoms with E-state index < -0.39 is 4.92 Å². The predicted molar refractivity (Wildman–Crippen MR) is 102 cm³/mol. The van der Waals surface area contributed by atoms with Crippen molar-refractivity contribution in [3.63, 3.8) is 0 Å². The normalized spacial score (nSPS) is 11.8. The van der Waals surface area contributed by atoms with Crippen molar-refractivity contribution in [3.8, 4) is 0 Å². The third-order valence-corrected chi connectivity index (χ3v) is 4.87. The Labute approximate surface area is 157 Å². The number of nitro benzene ring substituents is 1. The van der Waals surface area contributed by atoms with E-state index in [4.69, 9.17) is 4.74 Å². The fourth-order valence-corrected chi connectivity index (χ4v) is 3.20. The first kappa shape index (κ1) is 19.9. The number of nitro groups is 1. The molecule has 0 saturated heterocycles. The Morgan fingerprint density at radius 2 is 1.85 bits per heavy atom. The van der Waals surface area contributed by atoms with Gasteiger partial charge in [0.15, 0.2) is 0 Å². The molecule has 0 bridgehead atoms. The van der Waals surface area contributed by atoms with Crippen LogP contribution in [0, 0.1) is 10.1 Å². The molecule has 2 aromatic carbocycles. The predicted octanol–water partition coefficient (Wildman–Crippen LogP) is 3.93. The number of non-ortho nitro benzene ring substituents is 1. The van der Waals surface area contributed by atoms with E-state index in [-0.39, 0.29) is 16.8 Å². The maximum Gasteiger partial charge on any atom is 0.269 e. The van der Waals surface area contributed by atoms with Crippen LogP contribution in [-0.2, 0) is 22.7 Å². The summed E-state index contributed by atoms with van der Waals surface area (Å²) in [6, 6.07) is 14.1. The summed E-state index contributed by atoms with van der Waals surface area (Å²) in [5.74, 6) is -0.0837. The Kier molecular flexibility index (Phi) is 7.62. The first-order valence-corrected chi connectivity index (χ1v) is 9.22. The second kappa shape index (κ2) is 9.94. The summed E-state index contributed by atoms with van der Waals surface area (Å²) in [6.45, 7) is 5.36. The lowest BCUT2D eigenvalue weighted by atomic mass is 10.1. The van der Waals surface area contributed by atoms with Crippen LogP contribution in [0.4, 0.5) is 5.69 Å². The highest BCUT2D eigenvalue weighted by Gasteiger charge is 2.15. The molecule has 0 heterocycles. The molecule has 1 N–H and O–H groups in total. The fraction of sp³-hybridized carbons (Fsp3) is 0.316. The zero-order valence-electron chi connectivity index (χ0n) is 14.8. The van der Waals surface area contributed by atoms with Crippen molar-refractivity contribution in [1.29, 1.82) is 0 Å². The van der Waals surface area contributed by atoms with E-state index in [9.17, 15) is 14.9 Å². The van der Waals surface area contributed by atoms with E-state index in [1.54, 1.807) is 12.1 Å². The number of carbonyl (C=O) groups is 1. The summed E-state index contributed by atoms with van der Waals surface area (Å²) in [7, 11) is 0. The first-order chi connectivity index (χ1) is 12.5. The van der Waals surface area contributed by atoms with Crippen LogP contribution in [0.15, 0.2) is 53.4 Å². The molecule has 138 valence electrons. The monoisotopic (exact) mass is 374 g/mol. The molecular formula is C19H22N2O4S. The van der Waals surface area contributed by atoms with Crippen LogP contribution >= 0.6 is 11.8 Å². The lowest BCUT2D eigenvalue weighted by Gasteiger charge is -2.14. The third kappa shape index (κ3) is 5.86. The number of benzene rings is 2. The molecule has 2 aromatic rings. The van der Waals surface area contributed by atoms with Gasteiger partial charge in [-0.2, -0.15) is 0 Å². The summed E-state index contributed by atoms with van der Waals surface area (Å²) in [5, 5.41) is 13.3. The van der Waals surface area contributed by atoms with Gasteiger partial charge in [0.25, 0.3) is 5.69 Å². The third-order valence-electron chi connectivity index (χ3n) is 3.76. The summed E-state index contributed by atoms with van der Waals surface area (Å²) in [6.07, 6.45) is 0. The molecule has 0 spiro atoms. The number of amides is 1. The van der Waals surface area contributed by atoms with Gasteiger partial charge in [0.1, 0.15) is 0 Å². The van der Waals surface area contributed by atoms with Gasteiger partial charge < -0.3 is 10.1 Å². The zero-order chi connectivity index (χ0) is 18.9. The molecule has 2 rings (SSSR count). The SMILES string of the molecule is CCOCc1ccccc1CNC(=O)C(C)Sc1ccc([N+](=O)[O-])cc1. The van der Waals surface area contributed by atoms with E-state index >= 15 is 0 Å². The van der Waals surface area contributed by atoms with Crippen molar-refractivity contribution in [3.05, 3.63) is 69.8 Å². The highest BCUT2D eigenvalue weighted by Crippen LogP contribution is 2.25. The van der Waals surface area contributed by atoms with Crippen LogP contribution in [0.25, 0.3) is 0 Å². The Morgan fingerprint density at radius 1 is 1.19 bits per heavy atom. The number of carbonyl (C=O) groups excluding carboxylic acids is 1. The highest BCUT2D eigenvalue weighted by atomic mass is 32.2. The van der Waals surface area contributed by atoms with Gasteiger partial charge in [0, 0.05) is 30.2 Å². The molecule has 1 atom stereocenters. The highest BCUT2D eigenvalue weighted by molar-refractivity contribution is 8.00. The molecule has 0 aliphatic heterocycles. The van der Waals surface area contributed by atoms with Crippen LogP contribution in [-0.4, -0.2) is 22.7 Å². The largest absolute Gasteiger partial charge is 0.377 e. The van der Waals surface area contributed by atoms with Gasteiger partial charge >= 0.3 is 0 Å². The molecular weight excluding hydrogens is 352 g/mol. The lowest BCUT2D eigenvalue weighted by molar-refractivity contribution is -0.384. The smallest absolute Gasteiger partial charge is 0.269 e. The molecule has 7 heteroatoms. The van der Waals surface area contributed by atoms with Gasteiger partial charge in [0.2, 0.25) is 5.91 Å². The van der Waals surface area contributed by atoms with Gasteiger partial charge in [-0.15, -0.1) is 11.8 Å². The van der Waals surface area contributed by atoms with Gasteiger partial charge in [0.05, 0.1) is 16.8 Å². The molecule has 6 nitrogen and oxygen atoms in total. The summed E-state index contributed by atoms with van der Waals surface area (Å²) in [4.78, 5) is 23.4. The van der Waals surface area contributed by atoms with Crippen LogP contribution in [0.3, 0.4) is 0 Å². The standard InChI is InChI=1S/C19H22N2O4S/c1-3-25-13-16-7-5-4-6-15(16)12-20-19(22)14(2)26-18-10-8-17(9-11-18)21(23)24/h4-11,14H,3,12-13H2,1-2H3,(H,20,22). The molecule has 0 radical (unpaired) electrons. The quantitative estimate of drug-likeness (QED) is 0.409. The van der Waals surface area contributed by atoms with Crippen molar-refractivity contribution >= 4 is 23.4 Å². The number of nitrogens with one attached hydrogen (secondary N) is 1. The molecule has 0 aromatic heterocycles. The molecule has 0 aliphatic rings. The van der Waals surface area contributed by atoms with Crippen molar-refractivity contribution < 1.29 is 14.5 Å². The minimum atomic E-state index is -0.440.